The number of hydrogen-bond acceptors (Lipinski definition) is 2. The van der Waals surface area contributed by atoms with Gasteiger partial charge in [0, 0.05) is 19.6 Å². The van der Waals surface area contributed by atoms with Crippen LogP contribution in [0.3, 0.4) is 0 Å². The fourth-order valence-corrected chi connectivity index (χ4v) is 4.46. The molecule has 5 nitrogen and oxygen atoms in total. The Morgan fingerprint density at radius 3 is 2.10 bits per heavy atom. The Kier molecular flexibility index (Phi) is 3.62. The van der Waals surface area contributed by atoms with Crippen LogP contribution in [-0.4, -0.2) is 52.1 Å². The smallest absolute Gasteiger partial charge is 0.329 e. The lowest BCUT2D eigenvalue weighted by Gasteiger charge is -2.42. The summed E-state index contributed by atoms with van der Waals surface area (Å²) in [5, 5.41) is 9.45. The Morgan fingerprint density at radius 2 is 1.52 bits per heavy atom. The van der Waals surface area contributed by atoms with E-state index < -0.39 is 11.5 Å². The number of nitrogens with zero attached hydrogens (tertiary/aromatic N) is 2. The third-order valence-corrected chi connectivity index (χ3v) is 6.09. The highest BCUT2D eigenvalue weighted by molar-refractivity contribution is 5.86. The molecule has 3 rings (SSSR count). The van der Waals surface area contributed by atoms with Crippen LogP contribution in [-0.2, 0) is 4.79 Å². The maximum absolute atomic E-state index is 12.7. The standard InChI is InChI=1S/C16H26N2O3/c1-15(13(19)20)5-4-10-18(15)14(21)17-11-8-16(9-12-17)6-2-3-7-16/h2-12H2,1H3,(H,19,20). The summed E-state index contributed by atoms with van der Waals surface area (Å²) in [5.41, 5.74) is -0.530. The molecule has 1 spiro atoms. The summed E-state index contributed by atoms with van der Waals surface area (Å²) in [6, 6.07) is -0.0646. The van der Waals surface area contributed by atoms with Crippen LogP contribution in [0.15, 0.2) is 0 Å². The fraction of sp³-hybridized carbons (Fsp3) is 0.875. The SMILES string of the molecule is CC1(C(=O)O)CCCN1C(=O)N1CCC2(CCCC2)CC1. The largest absolute Gasteiger partial charge is 0.480 e. The summed E-state index contributed by atoms with van der Waals surface area (Å²) >= 11 is 0. The quantitative estimate of drug-likeness (QED) is 0.809. The summed E-state index contributed by atoms with van der Waals surface area (Å²) < 4.78 is 0. The molecule has 2 saturated heterocycles. The summed E-state index contributed by atoms with van der Waals surface area (Å²) in [6.45, 7) is 3.85. The van der Waals surface area contributed by atoms with Gasteiger partial charge in [0.1, 0.15) is 5.54 Å². The predicted octanol–water partition coefficient (Wildman–Crippen LogP) is 2.70. The number of urea groups is 1. The number of likely N-dealkylation sites (tertiary alicyclic amines) is 2. The van der Waals surface area contributed by atoms with E-state index in [1.54, 1.807) is 11.8 Å². The lowest BCUT2D eigenvalue weighted by molar-refractivity contribution is -0.147. The highest BCUT2D eigenvalue weighted by Crippen LogP contribution is 2.46. The second kappa shape index (κ2) is 5.18. The van der Waals surface area contributed by atoms with Gasteiger partial charge in [0.25, 0.3) is 0 Å². The van der Waals surface area contributed by atoms with Gasteiger partial charge in [-0.1, -0.05) is 12.8 Å². The molecule has 0 aromatic carbocycles. The van der Waals surface area contributed by atoms with E-state index in [0.717, 1.165) is 32.4 Å². The number of hydrogen-bond donors (Lipinski definition) is 1. The lowest BCUT2D eigenvalue weighted by Crippen LogP contribution is -2.56. The summed E-state index contributed by atoms with van der Waals surface area (Å²) in [5.74, 6) is -0.877. The molecule has 2 heterocycles. The van der Waals surface area contributed by atoms with Crippen molar-refractivity contribution in [2.75, 3.05) is 19.6 Å². The highest BCUT2D eigenvalue weighted by atomic mass is 16.4. The minimum absolute atomic E-state index is 0.0646. The van der Waals surface area contributed by atoms with Gasteiger partial charge in [-0.15, -0.1) is 0 Å². The first-order valence-corrected chi connectivity index (χ1v) is 8.27. The van der Waals surface area contributed by atoms with E-state index in [9.17, 15) is 14.7 Å². The van der Waals surface area contributed by atoms with Crippen LogP contribution >= 0.6 is 0 Å². The van der Waals surface area contributed by atoms with E-state index in [0.29, 0.717) is 18.4 Å². The normalized spacial score (nSPS) is 31.9. The van der Waals surface area contributed by atoms with Crippen molar-refractivity contribution in [2.45, 2.75) is 63.8 Å². The molecule has 1 unspecified atom stereocenters. The number of carboxylic acids is 1. The Balaban J connectivity index is 1.65. The molecule has 0 radical (unpaired) electrons. The van der Waals surface area contributed by atoms with Crippen molar-refractivity contribution < 1.29 is 14.7 Å². The van der Waals surface area contributed by atoms with Gasteiger partial charge in [0.15, 0.2) is 0 Å². The first kappa shape index (κ1) is 14.7. The second-order valence-electron chi connectivity index (χ2n) is 7.31. The summed E-state index contributed by atoms with van der Waals surface area (Å²) in [4.78, 5) is 27.7. The van der Waals surface area contributed by atoms with Gasteiger partial charge in [0.05, 0.1) is 0 Å². The molecule has 118 valence electrons. The van der Waals surface area contributed by atoms with E-state index in [1.807, 2.05) is 4.90 Å². The van der Waals surface area contributed by atoms with Crippen LogP contribution in [0.1, 0.15) is 58.3 Å². The molecule has 5 heteroatoms. The Labute approximate surface area is 126 Å². The van der Waals surface area contributed by atoms with Crippen molar-refractivity contribution in [3.8, 4) is 0 Å². The number of piperidine rings is 1. The average Bonchev–Trinajstić information content (AvgIpc) is 3.07. The molecule has 0 aromatic heterocycles. The lowest BCUT2D eigenvalue weighted by atomic mass is 9.77. The number of rotatable bonds is 1. The minimum atomic E-state index is -1.01. The maximum Gasteiger partial charge on any atom is 0.329 e. The van der Waals surface area contributed by atoms with Crippen LogP contribution < -0.4 is 0 Å². The molecule has 0 bridgehead atoms. The average molecular weight is 294 g/mol. The molecular formula is C16H26N2O3. The molecule has 1 saturated carbocycles. The van der Waals surface area contributed by atoms with Crippen LogP contribution in [0.25, 0.3) is 0 Å². The highest BCUT2D eigenvalue weighted by Gasteiger charge is 2.48. The summed E-state index contributed by atoms with van der Waals surface area (Å²) in [7, 11) is 0. The van der Waals surface area contributed by atoms with E-state index in [-0.39, 0.29) is 6.03 Å². The number of aliphatic carboxylic acids is 1. The van der Waals surface area contributed by atoms with Crippen molar-refractivity contribution in [2.24, 2.45) is 5.41 Å². The van der Waals surface area contributed by atoms with Crippen molar-refractivity contribution in [1.29, 1.82) is 0 Å². The zero-order chi connectivity index (χ0) is 15.1. The van der Waals surface area contributed by atoms with Crippen molar-refractivity contribution >= 4 is 12.0 Å². The van der Waals surface area contributed by atoms with Crippen LogP contribution in [0.2, 0.25) is 0 Å². The van der Waals surface area contributed by atoms with Crippen molar-refractivity contribution in [3.05, 3.63) is 0 Å². The molecule has 1 aliphatic carbocycles. The van der Waals surface area contributed by atoms with Gasteiger partial charge >= 0.3 is 12.0 Å². The second-order valence-corrected chi connectivity index (χ2v) is 7.31. The topological polar surface area (TPSA) is 60.9 Å². The third kappa shape index (κ3) is 2.40. The molecule has 3 fully saturated rings. The van der Waals surface area contributed by atoms with Gasteiger partial charge in [-0.25, -0.2) is 9.59 Å². The molecule has 0 aromatic rings. The first-order chi connectivity index (χ1) is 9.97. The minimum Gasteiger partial charge on any atom is -0.480 e. The summed E-state index contributed by atoms with van der Waals surface area (Å²) in [6.07, 6.45) is 8.82. The van der Waals surface area contributed by atoms with Crippen molar-refractivity contribution in [3.63, 3.8) is 0 Å². The van der Waals surface area contributed by atoms with Gasteiger partial charge in [0.2, 0.25) is 0 Å². The Bertz CT molecular complexity index is 435. The van der Waals surface area contributed by atoms with Crippen LogP contribution in [0, 0.1) is 5.41 Å². The first-order valence-electron chi connectivity index (χ1n) is 8.27. The van der Waals surface area contributed by atoms with Gasteiger partial charge in [-0.3, -0.25) is 0 Å². The van der Waals surface area contributed by atoms with Gasteiger partial charge < -0.3 is 14.9 Å². The van der Waals surface area contributed by atoms with Crippen LogP contribution in [0.4, 0.5) is 4.79 Å². The van der Waals surface area contributed by atoms with E-state index >= 15 is 0 Å². The van der Waals surface area contributed by atoms with Gasteiger partial charge in [-0.05, 0) is 50.9 Å². The van der Waals surface area contributed by atoms with E-state index in [2.05, 4.69) is 0 Å². The molecule has 1 N–H and O–H groups in total. The van der Waals surface area contributed by atoms with E-state index in [1.165, 1.54) is 25.7 Å². The Hall–Kier alpha value is -1.26. The number of carboxylic acid groups (broad SMARTS) is 1. The Morgan fingerprint density at radius 1 is 0.905 bits per heavy atom. The number of carbonyl (C=O) groups is 2. The third-order valence-electron chi connectivity index (χ3n) is 6.09. The number of carbonyl (C=O) groups excluding carboxylic acids is 1. The molecule has 2 aliphatic heterocycles. The number of amides is 2. The van der Waals surface area contributed by atoms with Gasteiger partial charge in [-0.2, -0.15) is 0 Å². The zero-order valence-corrected chi connectivity index (χ0v) is 12.9. The molecule has 3 aliphatic rings. The fourth-order valence-electron chi connectivity index (χ4n) is 4.46. The molecule has 2 amide bonds. The monoisotopic (exact) mass is 294 g/mol. The maximum atomic E-state index is 12.7. The zero-order valence-electron chi connectivity index (χ0n) is 12.9. The molecular weight excluding hydrogens is 268 g/mol. The molecule has 21 heavy (non-hydrogen) atoms. The molecule has 1 atom stereocenters. The predicted molar refractivity (Wildman–Crippen MR) is 79.1 cm³/mol. The van der Waals surface area contributed by atoms with Crippen molar-refractivity contribution in [1.82, 2.24) is 9.80 Å². The van der Waals surface area contributed by atoms with E-state index in [4.69, 9.17) is 0 Å². The van der Waals surface area contributed by atoms with Crippen LogP contribution in [0.5, 0.6) is 0 Å².